The molecule has 0 aliphatic carbocycles. The molecular weight excluding hydrogens is 264 g/mol. The van der Waals surface area contributed by atoms with Crippen LogP contribution in [0.15, 0.2) is 48.0 Å². The monoisotopic (exact) mass is 274 g/mol. The molecular formula is C13H10N2O3S. The molecule has 0 saturated heterocycles. The molecule has 96 valence electrons. The Bertz CT molecular complexity index is 807. The van der Waals surface area contributed by atoms with Crippen LogP contribution in [0.5, 0.6) is 0 Å². The van der Waals surface area contributed by atoms with Crippen LogP contribution in [0, 0.1) is 13.8 Å². The van der Waals surface area contributed by atoms with Crippen LogP contribution in [0.2, 0.25) is 0 Å². The van der Waals surface area contributed by atoms with Gasteiger partial charge in [-0.3, -0.25) is 4.79 Å². The topological polar surface area (TPSA) is 69.1 Å². The van der Waals surface area contributed by atoms with Crippen LogP contribution in [0.4, 0.5) is 0 Å². The summed E-state index contributed by atoms with van der Waals surface area (Å²) in [5.41, 5.74) is 0.497. The molecule has 0 fully saturated rings. The molecule has 5 nitrogen and oxygen atoms in total. The van der Waals surface area contributed by atoms with E-state index in [1.54, 1.807) is 32.0 Å². The van der Waals surface area contributed by atoms with Crippen molar-refractivity contribution < 1.29 is 8.83 Å². The summed E-state index contributed by atoms with van der Waals surface area (Å²) in [5, 5.41) is 8.49. The van der Waals surface area contributed by atoms with Gasteiger partial charge in [0.05, 0.1) is 5.39 Å². The van der Waals surface area contributed by atoms with E-state index in [4.69, 9.17) is 8.83 Å². The summed E-state index contributed by atoms with van der Waals surface area (Å²) < 4.78 is 10.9. The number of hydrogen-bond donors (Lipinski definition) is 0. The number of hydrogen-bond acceptors (Lipinski definition) is 6. The second-order valence-electron chi connectivity index (χ2n) is 4.00. The Morgan fingerprint density at radius 1 is 1.11 bits per heavy atom. The molecule has 6 heteroatoms. The summed E-state index contributed by atoms with van der Waals surface area (Å²) in [6.07, 6.45) is 0. The lowest BCUT2D eigenvalue weighted by Gasteiger charge is -2.03. The van der Waals surface area contributed by atoms with Crippen LogP contribution >= 0.6 is 11.8 Å². The van der Waals surface area contributed by atoms with Crippen molar-refractivity contribution in [2.24, 2.45) is 0 Å². The Morgan fingerprint density at radius 3 is 2.63 bits per heavy atom. The minimum Gasteiger partial charge on any atom is -0.460 e. The third-order valence-electron chi connectivity index (χ3n) is 2.62. The second kappa shape index (κ2) is 4.55. The summed E-state index contributed by atoms with van der Waals surface area (Å²) in [7, 11) is 0. The Labute approximate surface area is 112 Å². The first-order valence-corrected chi connectivity index (χ1v) is 6.47. The molecule has 2 heterocycles. The lowest BCUT2D eigenvalue weighted by atomic mass is 10.2. The number of aromatic nitrogens is 2. The zero-order chi connectivity index (χ0) is 13.4. The third-order valence-corrected chi connectivity index (χ3v) is 3.63. The summed E-state index contributed by atoms with van der Waals surface area (Å²) in [4.78, 5) is 12.9. The molecule has 0 amide bonds. The van der Waals surface area contributed by atoms with Crippen LogP contribution < -0.4 is 5.43 Å². The minimum absolute atomic E-state index is 0.0831. The number of benzene rings is 1. The molecule has 0 bridgehead atoms. The fourth-order valence-corrected chi connectivity index (χ4v) is 2.57. The highest BCUT2D eigenvalue weighted by Crippen LogP contribution is 2.28. The van der Waals surface area contributed by atoms with E-state index in [-0.39, 0.29) is 5.43 Å². The standard InChI is InChI=1S/C13H10N2O3S/c1-7-12(19-13-15-14-8(2)18-13)11(16)9-5-3-4-6-10(9)17-7/h3-6H,1-2H3. The first-order valence-electron chi connectivity index (χ1n) is 5.65. The number of nitrogens with zero attached hydrogens (tertiary/aromatic N) is 2. The van der Waals surface area contributed by atoms with Crippen molar-refractivity contribution in [3.05, 3.63) is 46.1 Å². The van der Waals surface area contributed by atoms with E-state index in [9.17, 15) is 4.79 Å². The van der Waals surface area contributed by atoms with E-state index in [1.807, 2.05) is 6.07 Å². The molecule has 19 heavy (non-hydrogen) atoms. The molecule has 0 aliphatic heterocycles. The minimum atomic E-state index is -0.0831. The van der Waals surface area contributed by atoms with Gasteiger partial charge in [0.15, 0.2) is 0 Å². The Morgan fingerprint density at radius 2 is 1.89 bits per heavy atom. The van der Waals surface area contributed by atoms with E-state index in [0.29, 0.717) is 32.7 Å². The highest BCUT2D eigenvalue weighted by atomic mass is 32.2. The number of aryl methyl sites for hydroxylation is 2. The first-order chi connectivity index (χ1) is 9.15. The summed E-state index contributed by atoms with van der Waals surface area (Å²) in [6, 6.07) is 7.15. The van der Waals surface area contributed by atoms with Crippen molar-refractivity contribution in [2.75, 3.05) is 0 Å². The van der Waals surface area contributed by atoms with Gasteiger partial charge in [-0.15, -0.1) is 10.2 Å². The summed E-state index contributed by atoms with van der Waals surface area (Å²) in [5.74, 6) is 1.01. The maximum Gasteiger partial charge on any atom is 0.281 e. The molecule has 3 rings (SSSR count). The van der Waals surface area contributed by atoms with Crippen LogP contribution in [0.3, 0.4) is 0 Å². The van der Waals surface area contributed by atoms with Crippen molar-refractivity contribution in [3.8, 4) is 0 Å². The van der Waals surface area contributed by atoms with Gasteiger partial charge in [-0.05, 0) is 30.8 Å². The van der Waals surface area contributed by atoms with Crippen molar-refractivity contribution in [1.29, 1.82) is 0 Å². The van der Waals surface area contributed by atoms with E-state index in [0.717, 1.165) is 11.8 Å². The lowest BCUT2D eigenvalue weighted by molar-refractivity contribution is 0.428. The fraction of sp³-hybridized carbons (Fsp3) is 0.154. The third kappa shape index (κ3) is 2.15. The fourth-order valence-electron chi connectivity index (χ4n) is 1.76. The quantitative estimate of drug-likeness (QED) is 0.715. The molecule has 0 atom stereocenters. The maximum atomic E-state index is 12.4. The average Bonchev–Trinajstić information content (AvgIpc) is 2.80. The Balaban J connectivity index is 2.15. The smallest absolute Gasteiger partial charge is 0.281 e. The van der Waals surface area contributed by atoms with Gasteiger partial charge in [-0.1, -0.05) is 12.1 Å². The van der Waals surface area contributed by atoms with Gasteiger partial charge < -0.3 is 8.83 Å². The van der Waals surface area contributed by atoms with E-state index in [1.165, 1.54) is 0 Å². The molecule has 0 radical (unpaired) electrons. The van der Waals surface area contributed by atoms with Crippen LogP contribution in [0.25, 0.3) is 11.0 Å². The zero-order valence-corrected chi connectivity index (χ0v) is 11.2. The van der Waals surface area contributed by atoms with Crippen LogP contribution in [-0.4, -0.2) is 10.2 Å². The van der Waals surface area contributed by atoms with E-state index in [2.05, 4.69) is 10.2 Å². The highest BCUT2D eigenvalue weighted by Gasteiger charge is 2.15. The van der Waals surface area contributed by atoms with Crippen molar-refractivity contribution in [2.45, 2.75) is 24.0 Å². The van der Waals surface area contributed by atoms with Gasteiger partial charge in [0.1, 0.15) is 16.2 Å². The van der Waals surface area contributed by atoms with Crippen molar-refractivity contribution >= 4 is 22.7 Å². The van der Waals surface area contributed by atoms with Crippen LogP contribution in [0.1, 0.15) is 11.7 Å². The van der Waals surface area contributed by atoms with Gasteiger partial charge in [0.25, 0.3) is 5.22 Å². The van der Waals surface area contributed by atoms with Gasteiger partial charge >= 0.3 is 0 Å². The highest BCUT2D eigenvalue weighted by molar-refractivity contribution is 7.99. The van der Waals surface area contributed by atoms with Crippen molar-refractivity contribution in [1.82, 2.24) is 10.2 Å². The maximum absolute atomic E-state index is 12.4. The summed E-state index contributed by atoms with van der Waals surface area (Å²) in [6.45, 7) is 3.45. The molecule has 0 aliphatic rings. The number of fused-ring (bicyclic) bond motifs is 1. The average molecular weight is 274 g/mol. The van der Waals surface area contributed by atoms with E-state index < -0.39 is 0 Å². The molecule has 0 spiro atoms. The van der Waals surface area contributed by atoms with Crippen LogP contribution in [-0.2, 0) is 0 Å². The van der Waals surface area contributed by atoms with E-state index >= 15 is 0 Å². The molecule has 2 aromatic heterocycles. The molecule has 1 aromatic carbocycles. The lowest BCUT2D eigenvalue weighted by Crippen LogP contribution is -2.06. The molecule has 0 N–H and O–H groups in total. The zero-order valence-electron chi connectivity index (χ0n) is 10.3. The van der Waals surface area contributed by atoms with Gasteiger partial charge in [-0.2, -0.15) is 0 Å². The normalized spacial score (nSPS) is 11.1. The SMILES string of the molecule is Cc1nnc(Sc2c(C)oc3ccccc3c2=O)o1. The largest absolute Gasteiger partial charge is 0.460 e. The first kappa shape index (κ1) is 12.0. The number of para-hydroxylation sites is 1. The molecule has 3 aromatic rings. The van der Waals surface area contributed by atoms with Gasteiger partial charge in [-0.25, -0.2) is 0 Å². The summed E-state index contributed by atoms with van der Waals surface area (Å²) >= 11 is 1.13. The van der Waals surface area contributed by atoms with Gasteiger partial charge in [0, 0.05) is 6.92 Å². The Hall–Kier alpha value is -2.08. The van der Waals surface area contributed by atoms with Gasteiger partial charge in [0.2, 0.25) is 11.3 Å². The second-order valence-corrected chi connectivity index (χ2v) is 4.96. The Kier molecular flexibility index (Phi) is 2.87. The number of rotatable bonds is 2. The predicted octanol–water partition coefficient (Wildman–Crippen LogP) is 2.94. The van der Waals surface area contributed by atoms with Crippen molar-refractivity contribution in [3.63, 3.8) is 0 Å². The predicted molar refractivity (Wildman–Crippen MR) is 70.4 cm³/mol. The molecule has 0 unspecified atom stereocenters. The molecule has 0 saturated carbocycles.